The van der Waals surface area contributed by atoms with E-state index in [9.17, 15) is 9.18 Å². The van der Waals surface area contributed by atoms with Crippen LogP contribution in [0.1, 0.15) is 17.4 Å². The van der Waals surface area contributed by atoms with Crippen molar-refractivity contribution in [2.75, 3.05) is 18.5 Å². The number of carbonyl (C=O) groups is 1. The summed E-state index contributed by atoms with van der Waals surface area (Å²) in [7, 11) is 0. The van der Waals surface area contributed by atoms with E-state index in [1.807, 2.05) is 6.92 Å². The Hall–Kier alpha value is -1.01. The molecule has 0 aromatic carbocycles. The Balaban J connectivity index is 2.13. The Kier molecular flexibility index (Phi) is 4.29. The van der Waals surface area contributed by atoms with Crippen LogP contribution >= 0.6 is 15.9 Å². The summed E-state index contributed by atoms with van der Waals surface area (Å²) in [5.41, 5.74) is 0.262. The SMILES string of the molecule is CC1COC(CBr)CN1C(=O)c1ccc(F)cn1. The van der Waals surface area contributed by atoms with E-state index in [0.29, 0.717) is 18.5 Å². The minimum Gasteiger partial charge on any atom is -0.373 e. The van der Waals surface area contributed by atoms with E-state index in [1.54, 1.807) is 4.90 Å². The van der Waals surface area contributed by atoms with E-state index in [1.165, 1.54) is 12.1 Å². The predicted octanol–water partition coefficient (Wildman–Crippen LogP) is 1.85. The van der Waals surface area contributed by atoms with Crippen LogP contribution in [0.25, 0.3) is 0 Å². The van der Waals surface area contributed by atoms with E-state index in [2.05, 4.69) is 20.9 Å². The molecule has 1 aliphatic heterocycles. The van der Waals surface area contributed by atoms with E-state index in [4.69, 9.17) is 4.74 Å². The van der Waals surface area contributed by atoms with Crippen LogP contribution in [0.5, 0.6) is 0 Å². The number of aromatic nitrogens is 1. The molecule has 18 heavy (non-hydrogen) atoms. The highest BCUT2D eigenvalue weighted by Gasteiger charge is 2.30. The highest BCUT2D eigenvalue weighted by atomic mass is 79.9. The lowest BCUT2D eigenvalue weighted by Crippen LogP contribution is -2.51. The van der Waals surface area contributed by atoms with Gasteiger partial charge in [-0.3, -0.25) is 4.79 Å². The average Bonchev–Trinajstić information content (AvgIpc) is 2.39. The van der Waals surface area contributed by atoms with E-state index < -0.39 is 5.82 Å². The van der Waals surface area contributed by atoms with Gasteiger partial charge in [-0.05, 0) is 19.1 Å². The van der Waals surface area contributed by atoms with Crippen LogP contribution in [0.3, 0.4) is 0 Å². The molecule has 4 nitrogen and oxygen atoms in total. The fraction of sp³-hybridized carbons (Fsp3) is 0.500. The van der Waals surface area contributed by atoms with Crippen LogP contribution in [0.15, 0.2) is 18.3 Å². The van der Waals surface area contributed by atoms with Crippen molar-refractivity contribution in [2.24, 2.45) is 0 Å². The third-order valence-electron chi connectivity index (χ3n) is 2.88. The Morgan fingerprint density at radius 3 is 3.06 bits per heavy atom. The monoisotopic (exact) mass is 316 g/mol. The number of carbonyl (C=O) groups excluding carboxylic acids is 1. The van der Waals surface area contributed by atoms with Crippen LogP contribution in [0.4, 0.5) is 4.39 Å². The predicted molar refractivity (Wildman–Crippen MR) is 68.2 cm³/mol. The lowest BCUT2D eigenvalue weighted by molar-refractivity contribution is -0.0363. The molecule has 1 amide bonds. The van der Waals surface area contributed by atoms with Crippen LogP contribution < -0.4 is 0 Å². The normalized spacial score (nSPS) is 24.1. The molecular formula is C12H14BrFN2O2. The van der Waals surface area contributed by atoms with Gasteiger partial charge < -0.3 is 9.64 Å². The zero-order valence-corrected chi connectivity index (χ0v) is 11.6. The van der Waals surface area contributed by atoms with Crippen molar-refractivity contribution in [3.63, 3.8) is 0 Å². The van der Waals surface area contributed by atoms with Gasteiger partial charge in [0.1, 0.15) is 11.5 Å². The maximum Gasteiger partial charge on any atom is 0.272 e. The third-order valence-corrected chi connectivity index (χ3v) is 3.61. The van der Waals surface area contributed by atoms with Crippen molar-refractivity contribution in [1.82, 2.24) is 9.88 Å². The molecule has 1 saturated heterocycles. The van der Waals surface area contributed by atoms with Gasteiger partial charge in [0.25, 0.3) is 5.91 Å². The molecule has 0 saturated carbocycles. The molecule has 0 bridgehead atoms. The molecule has 0 radical (unpaired) electrons. The smallest absolute Gasteiger partial charge is 0.272 e. The van der Waals surface area contributed by atoms with Crippen molar-refractivity contribution in [2.45, 2.75) is 19.1 Å². The number of nitrogens with zero attached hydrogens (tertiary/aromatic N) is 2. The number of rotatable bonds is 2. The van der Waals surface area contributed by atoms with E-state index >= 15 is 0 Å². The molecule has 1 aromatic heterocycles. The summed E-state index contributed by atoms with van der Waals surface area (Å²) in [6.07, 6.45) is 1.05. The quantitative estimate of drug-likeness (QED) is 0.782. The first kappa shape index (κ1) is 13.4. The first-order valence-corrected chi connectivity index (χ1v) is 6.84. The summed E-state index contributed by atoms with van der Waals surface area (Å²) in [5.74, 6) is -0.628. The molecule has 2 atom stereocenters. The van der Waals surface area contributed by atoms with Gasteiger partial charge in [-0.2, -0.15) is 0 Å². The molecule has 2 rings (SSSR count). The molecule has 1 aromatic rings. The molecule has 2 unspecified atom stereocenters. The Morgan fingerprint density at radius 2 is 2.44 bits per heavy atom. The van der Waals surface area contributed by atoms with Gasteiger partial charge in [0, 0.05) is 11.9 Å². The largest absolute Gasteiger partial charge is 0.373 e. The van der Waals surface area contributed by atoms with Crippen molar-refractivity contribution >= 4 is 21.8 Å². The molecule has 1 fully saturated rings. The maximum atomic E-state index is 12.8. The third kappa shape index (κ3) is 2.87. The highest BCUT2D eigenvalue weighted by Crippen LogP contribution is 2.16. The van der Waals surface area contributed by atoms with E-state index in [0.717, 1.165) is 6.20 Å². The van der Waals surface area contributed by atoms with Crippen LogP contribution in [0.2, 0.25) is 0 Å². The molecular weight excluding hydrogens is 303 g/mol. The zero-order valence-electron chi connectivity index (χ0n) is 9.97. The number of alkyl halides is 1. The summed E-state index contributed by atoms with van der Waals surface area (Å²) < 4.78 is 18.3. The number of hydrogen-bond acceptors (Lipinski definition) is 3. The van der Waals surface area contributed by atoms with Gasteiger partial charge in [-0.15, -0.1) is 0 Å². The lowest BCUT2D eigenvalue weighted by atomic mass is 10.2. The number of hydrogen-bond donors (Lipinski definition) is 0. The summed E-state index contributed by atoms with van der Waals surface area (Å²) in [6.45, 7) is 2.94. The second-order valence-electron chi connectivity index (χ2n) is 4.28. The Morgan fingerprint density at radius 1 is 1.67 bits per heavy atom. The maximum absolute atomic E-state index is 12.8. The zero-order chi connectivity index (χ0) is 13.1. The molecule has 98 valence electrons. The number of pyridine rings is 1. The first-order chi connectivity index (χ1) is 8.61. The Labute approximate surface area is 113 Å². The number of morpholine rings is 1. The van der Waals surface area contributed by atoms with Crippen molar-refractivity contribution in [3.8, 4) is 0 Å². The molecule has 0 N–H and O–H groups in total. The summed E-state index contributed by atoms with van der Waals surface area (Å²) >= 11 is 3.35. The fourth-order valence-corrected chi connectivity index (χ4v) is 2.23. The fourth-order valence-electron chi connectivity index (χ4n) is 1.84. The van der Waals surface area contributed by atoms with Crippen LogP contribution in [-0.2, 0) is 4.74 Å². The van der Waals surface area contributed by atoms with Gasteiger partial charge in [-0.1, -0.05) is 15.9 Å². The highest BCUT2D eigenvalue weighted by molar-refractivity contribution is 9.09. The molecule has 1 aliphatic rings. The van der Waals surface area contributed by atoms with Gasteiger partial charge >= 0.3 is 0 Å². The topological polar surface area (TPSA) is 42.4 Å². The van der Waals surface area contributed by atoms with Crippen molar-refractivity contribution in [1.29, 1.82) is 0 Å². The number of amides is 1. The molecule has 0 spiro atoms. The van der Waals surface area contributed by atoms with Gasteiger partial charge in [0.15, 0.2) is 0 Å². The van der Waals surface area contributed by atoms with Gasteiger partial charge in [0.05, 0.1) is 24.9 Å². The molecule has 2 heterocycles. The minimum absolute atomic E-state index is 0.000321. The van der Waals surface area contributed by atoms with Crippen LogP contribution in [-0.4, -0.2) is 46.4 Å². The number of ether oxygens (including phenoxy) is 1. The first-order valence-electron chi connectivity index (χ1n) is 5.72. The average molecular weight is 317 g/mol. The molecule has 6 heteroatoms. The second kappa shape index (κ2) is 5.75. The summed E-state index contributed by atoms with van der Waals surface area (Å²) in [4.78, 5) is 17.8. The van der Waals surface area contributed by atoms with Gasteiger partial charge in [-0.25, -0.2) is 9.37 Å². The minimum atomic E-state index is -0.445. The van der Waals surface area contributed by atoms with Crippen molar-refractivity contribution in [3.05, 3.63) is 29.8 Å². The molecule has 0 aliphatic carbocycles. The second-order valence-corrected chi connectivity index (χ2v) is 4.93. The Bertz CT molecular complexity index is 427. The van der Waals surface area contributed by atoms with E-state index in [-0.39, 0.29) is 23.7 Å². The number of halogens is 2. The summed E-state index contributed by atoms with van der Waals surface area (Å²) in [6, 6.07) is 2.65. The van der Waals surface area contributed by atoms with Crippen molar-refractivity contribution < 1.29 is 13.9 Å². The van der Waals surface area contributed by atoms with Gasteiger partial charge in [0.2, 0.25) is 0 Å². The van der Waals surface area contributed by atoms with Crippen LogP contribution in [0, 0.1) is 5.82 Å². The lowest BCUT2D eigenvalue weighted by Gasteiger charge is -2.37. The standard InChI is InChI=1S/C12H14BrFN2O2/c1-8-7-18-10(4-13)6-16(8)12(17)11-3-2-9(14)5-15-11/h2-3,5,8,10H,4,6-7H2,1H3. The summed E-state index contributed by atoms with van der Waals surface area (Å²) in [5, 5.41) is 0.681.